The molecule has 2 amide bonds. The first-order valence-electron chi connectivity index (χ1n) is 9.75. The minimum absolute atomic E-state index is 0.147. The molecule has 0 bridgehead atoms. The predicted molar refractivity (Wildman–Crippen MR) is 119 cm³/mol. The summed E-state index contributed by atoms with van der Waals surface area (Å²) in [5.74, 6) is -0.807. The van der Waals surface area contributed by atoms with E-state index in [4.69, 9.17) is 11.6 Å². The lowest BCUT2D eigenvalue weighted by atomic mass is 10.1. The minimum Gasteiger partial charge on any atom is -0.348 e. The molecule has 0 fully saturated rings. The molecule has 0 aliphatic heterocycles. The van der Waals surface area contributed by atoms with Crippen LogP contribution in [-0.4, -0.2) is 34.8 Å². The summed E-state index contributed by atoms with van der Waals surface area (Å²) in [6, 6.07) is 9.92. The number of aryl methyl sites for hydroxylation is 1. The van der Waals surface area contributed by atoms with Crippen LogP contribution in [0.1, 0.15) is 28.4 Å². The zero-order valence-electron chi connectivity index (χ0n) is 17.5. The lowest BCUT2D eigenvalue weighted by molar-refractivity contribution is -0.117. The molecule has 0 saturated heterocycles. The number of carbonyl (C=O) groups excluding carboxylic acids is 2. The third-order valence-electron chi connectivity index (χ3n) is 4.65. The number of anilines is 1. The van der Waals surface area contributed by atoms with Crippen LogP contribution < -0.4 is 10.2 Å². The monoisotopic (exact) mass is 458 g/mol. The summed E-state index contributed by atoms with van der Waals surface area (Å²) < 4.78 is 25.6. The van der Waals surface area contributed by atoms with Crippen LogP contribution in [0.2, 0.25) is 5.02 Å². The minimum atomic E-state index is -2.68. The van der Waals surface area contributed by atoms with Gasteiger partial charge in [-0.3, -0.25) is 19.6 Å². The fourth-order valence-electron chi connectivity index (χ4n) is 3.12. The number of alkyl halides is 2. The summed E-state index contributed by atoms with van der Waals surface area (Å²) >= 11 is 6.26. The number of hydrogen-bond donors (Lipinski definition) is 1. The lowest BCUT2D eigenvalue weighted by Crippen LogP contribution is -2.33. The van der Waals surface area contributed by atoms with Crippen LogP contribution in [0.15, 0.2) is 55.0 Å². The van der Waals surface area contributed by atoms with E-state index in [1.165, 1.54) is 19.2 Å². The summed E-state index contributed by atoms with van der Waals surface area (Å²) in [7, 11) is 0. The Kier molecular flexibility index (Phi) is 7.48. The molecule has 1 aromatic carbocycles. The number of amides is 2. The quantitative estimate of drug-likeness (QED) is 0.559. The predicted octanol–water partition coefficient (Wildman–Crippen LogP) is 4.65. The fourth-order valence-corrected chi connectivity index (χ4v) is 3.40. The molecule has 0 spiro atoms. The molecular formula is C23H21ClF2N4O2. The largest absolute Gasteiger partial charge is 0.348 e. The summed E-state index contributed by atoms with van der Waals surface area (Å²) in [5, 5.41) is 2.97. The molecule has 32 heavy (non-hydrogen) atoms. The highest BCUT2D eigenvalue weighted by Crippen LogP contribution is 2.31. The first-order valence-corrected chi connectivity index (χ1v) is 10.1. The van der Waals surface area contributed by atoms with Gasteiger partial charge in [-0.05, 0) is 42.3 Å². The Balaban J connectivity index is 1.72. The second-order valence-corrected chi connectivity index (χ2v) is 7.58. The smallest absolute Gasteiger partial charge is 0.256 e. The zero-order chi connectivity index (χ0) is 23.3. The standard InChI is InChI=1S/C23H21ClF2N4O2/c1-14-7-16(10-27-9-14)11-29-23(32)18-3-5-20(28-12-18)17-4-6-21(19(24)8-17)30(15(2)31)13-22(25)26/h3-10,12,22H,11,13H2,1-2H3,(H,29,32). The van der Waals surface area contributed by atoms with Gasteiger partial charge in [-0.1, -0.05) is 23.7 Å². The van der Waals surface area contributed by atoms with E-state index in [1.807, 2.05) is 13.0 Å². The highest BCUT2D eigenvalue weighted by atomic mass is 35.5. The molecular weight excluding hydrogens is 438 g/mol. The van der Waals surface area contributed by atoms with Crippen molar-refractivity contribution in [2.24, 2.45) is 0 Å². The van der Waals surface area contributed by atoms with Crippen LogP contribution in [0.4, 0.5) is 14.5 Å². The first kappa shape index (κ1) is 23.3. The molecule has 2 heterocycles. The average molecular weight is 459 g/mol. The van der Waals surface area contributed by atoms with Crippen molar-refractivity contribution in [3.63, 3.8) is 0 Å². The molecule has 9 heteroatoms. The highest BCUT2D eigenvalue weighted by Gasteiger charge is 2.20. The maximum atomic E-state index is 12.8. The van der Waals surface area contributed by atoms with E-state index in [1.54, 1.807) is 36.7 Å². The first-order chi connectivity index (χ1) is 15.2. The number of benzene rings is 1. The summed E-state index contributed by atoms with van der Waals surface area (Å²) in [6.45, 7) is 2.73. The molecule has 6 nitrogen and oxygen atoms in total. The molecule has 3 rings (SSSR count). The summed E-state index contributed by atoms with van der Waals surface area (Å²) in [4.78, 5) is 33.4. The molecule has 0 aliphatic carbocycles. The van der Waals surface area contributed by atoms with Crippen molar-refractivity contribution < 1.29 is 18.4 Å². The third-order valence-corrected chi connectivity index (χ3v) is 4.95. The van der Waals surface area contributed by atoms with Crippen molar-refractivity contribution in [3.05, 3.63) is 76.7 Å². The molecule has 3 aromatic rings. The number of halogens is 3. The van der Waals surface area contributed by atoms with Crippen LogP contribution in [-0.2, 0) is 11.3 Å². The maximum Gasteiger partial charge on any atom is 0.256 e. The Morgan fingerprint density at radius 2 is 1.91 bits per heavy atom. The van der Waals surface area contributed by atoms with E-state index in [2.05, 4.69) is 15.3 Å². The number of aromatic nitrogens is 2. The fraction of sp³-hybridized carbons (Fsp3) is 0.217. The van der Waals surface area contributed by atoms with Crippen LogP contribution in [0.25, 0.3) is 11.3 Å². The van der Waals surface area contributed by atoms with Gasteiger partial charge in [0.2, 0.25) is 5.91 Å². The Labute approximate surface area is 189 Å². The number of nitrogens with zero attached hydrogens (tertiary/aromatic N) is 3. The molecule has 1 N–H and O–H groups in total. The van der Waals surface area contributed by atoms with E-state index in [-0.39, 0.29) is 16.6 Å². The zero-order valence-corrected chi connectivity index (χ0v) is 18.2. The number of rotatable bonds is 7. The third kappa shape index (κ3) is 5.85. The maximum absolute atomic E-state index is 12.8. The van der Waals surface area contributed by atoms with Gasteiger partial charge in [0.25, 0.3) is 12.3 Å². The van der Waals surface area contributed by atoms with Gasteiger partial charge < -0.3 is 10.2 Å². The average Bonchev–Trinajstić information content (AvgIpc) is 2.76. The highest BCUT2D eigenvalue weighted by molar-refractivity contribution is 6.34. The van der Waals surface area contributed by atoms with Gasteiger partial charge >= 0.3 is 0 Å². The Bertz CT molecular complexity index is 1120. The summed E-state index contributed by atoms with van der Waals surface area (Å²) in [6.07, 6.45) is 2.19. The number of nitrogens with one attached hydrogen (secondary N) is 1. The van der Waals surface area contributed by atoms with Crippen LogP contribution in [0.3, 0.4) is 0 Å². The molecule has 0 radical (unpaired) electrons. The lowest BCUT2D eigenvalue weighted by Gasteiger charge is -2.22. The number of pyridine rings is 2. The van der Waals surface area contributed by atoms with Gasteiger partial charge in [0.15, 0.2) is 0 Å². The van der Waals surface area contributed by atoms with Crippen molar-refractivity contribution in [3.8, 4) is 11.3 Å². The van der Waals surface area contributed by atoms with Gasteiger partial charge in [0.1, 0.15) is 0 Å². The van der Waals surface area contributed by atoms with Gasteiger partial charge in [0.05, 0.1) is 28.5 Å². The second kappa shape index (κ2) is 10.3. The molecule has 2 aromatic heterocycles. The van der Waals surface area contributed by atoms with Crippen molar-refractivity contribution in [1.82, 2.24) is 15.3 Å². The molecule has 0 atom stereocenters. The van der Waals surface area contributed by atoms with Crippen molar-refractivity contribution in [1.29, 1.82) is 0 Å². The normalized spacial score (nSPS) is 10.8. The molecule has 0 unspecified atom stereocenters. The van der Waals surface area contributed by atoms with E-state index in [0.29, 0.717) is 23.4 Å². The van der Waals surface area contributed by atoms with Crippen LogP contribution in [0.5, 0.6) is 0 Å². The Morgan fingerprint density at radius 3 is 2.50 bits per heavy atom. The van der Waals surface area contributed by atoms with E-state index in [0.717, 1.165) is 16.0 Å². The Hall–Kier alpha value is -3.39. The van der Waals surface area contributed by atoms with Gasteiger partial charge in [-0.15, -0.1) is 0 Å². The van der Waals surface area contributed by atoms with Gasteiger partial charge in [-0.25, -0.2) is 8.78 Å². The Morgan fingerprint density at radius 1 is 1.12 bits per heavy atom. The van der Waals surface area contributed by atoms with Gasteiger partial charge in [0, 0.05) is 37.6 Å². The summed E-state index contributed by atoms with van der Waals surface area (Å²) in [5.41, 5.74) is 3.65. The van der Waals surface area contributed by atoms with Crippen LogP contribution in [0, 0.1) is 6.92 Å². The molecule has 0 aliphatic rings. The van der Waals surface area contributed by atoms with Crippen molar-refractivity contribution >= 4 is 29.1 Å². The van der Waals surface area contributed by atoms with E-state index < -0.39 is 18.9 Å². The van der Waals surface area contributed by atoms with Crippen molar-refractivity contribution in [2.45, 2.75) is 26.8 Å². The number of hydrogen-bond acceptors (Lipinski definition) is 4. The van der Waals surface area contributed by atoms with Crippen molar-refractivity contribution in [2.75, 3.05) is 11.4 Å². The van der Waals surface area contributed by atoms with Gasteiger partial charge in [-0.2, -0.15) is 0 Å². The number of carbonyl (C=O) groups is 2. The molecule has 166 valence electrons. The van der Waals surface area contributed by atoms with E-state index >= 15 is 0 Å². The van der Waals surface area contributed by atoms with E-state index in [9.17, 15) is 18.4 Å². The SMILES string of the molecule is CC(=O)N(CC(F)F)c1ccc(-c2ccc(C(=O)NCc3cncc(C)c3)cn2)cc1Cl. The topological polar surface area (TPSA) is 75.2 Å². The molecule has 0 saturated carbocycles. The second-order valence-electron chi connectivity index (χ2n) is 7.17. The van der Waals surface area contributed by atoms with Crippen LogP contribution >= 0.6 is 11.6 Å².